The van der Waals surface area contributed by atoms with Crippen LogP contribution in [0.4, 0.5) is 14.6 Å². The Kier molecular flexibility index (Phi) is 5.74. The summed E-state index contributed by atoms with van der Waals surface area (Å²) in [5, 5.41) is 15.8. The van der Waals surface area contributed by atoms with E-state index in [9.17, 15) is 13.9 Å². The molecule has 9 heteroatoms. The van der Waals surface area contributed by atoms with Gasteiger partial charge in [-0.15, -0.1) is 0 Å². The number of nitrogens with zero attached hydrogens (tertiary/aromatic N) is 6. The Morgan fingerprint density at radius 2 is 1.93 bits per heavy atom. The average molecular weight is 414 g/mol. The number of hydrogen-bond acceptors (Lipinski definition) is 6. The maximum absolute atomic E-state index is 14.7. The molecule has 1 saturated heterocycles. The topological polar surface area (TPSA) is 70.3 Å². The molecule has 1 aliphatic heterocycles. The molecule has 0 bridgehead atoms. The first-order valence-electron chi connectivity index (χ1n) is 9.88. The van der Waals surface area contributed by atoms with Gasteiger partial charge in [-0.2, -0.15) is 5.10 Å². The molecule has 0 radical (unpaired) electrons. The second-order valence-electron chi connectivity index (χ2n) is 7.53. The highest BCUT2D eigenvalue weighted by Crippen LogP contribution is 2.33. The van der Waals surface area contributed by atoms with E-state index in [1.807, 2.05) is 25.1 Å². The van der Waals surface area contributed by atoms with Gasteiger partial charge < -0.3 is 10.0 Å². The second-order valence-corrected chi connectivity index (χ2v) is 7.53. The number of benzene rings is 1. The van der Waals surface area contributed by atoms with Crippen molar-refractivity contribution in [3.05, 3.63) is 72.4 Å². The Hall–Kier alpha value is -2.91. The van der Waals surface area contributed by atoms with Gasteiger partial charge in [0, 0.05) is 50.0 Å². The lowest BCUT2D eigenvalue weighted by molar-refractivity contribution is -0.0650. The quantitative estimate of drug-likeness (QED) is 0.666. The zero-order valence-electron chi connectivity index (χ0n) is 16.7. The fraction of sp³-hybridized carbons (Fsp3) is 0.381. The molecule has 0 amide bonds. The molecule has 0 saturated carbocycles. The monoisotopic (exact) mass is 414 g/mol. The van der Waals surface area contributed by atoms with Gasteiger partial charge >= 0.3 is 0 Å². The fourth-order valence-corrected chi connectivity index (χ4v) is 4.03. The maximum Gasteiger partial charge on any atom is 0.137 e. The van der Waals surface area contributed by atoms with Crippen molar-refractivity contribution in [2.24, 2.45) is 0 Å². The number of rotatable bonds is 6. The van der Waals surface area contributed by atoms with E-state index in [-0.39, 0.29) is 12.1 Å². The third-order valence-corrected chi connectivity index (χ3v) is 5.79. The van der Waals surface area contributed by atoms with E-state index in [1.165, 1.54) is 23.4 Å². The number of halogens is 2. The van der Waals surface area contributed by atoms with Gasteiger partial charge in [0.25, 0.3) is 0 Å². The molecular weight excluding hydrogens is 390 g/mol. The highest BCUT2D eigenvalue weighted by atomic mass is 19.1. The summed E-state index contributed by atoms with van der Waals surface area (Å²) in [5.74, 6) is -0.556. The average Bonchev–Trinajstić information content (AvgIpc) is 3.26. The summed E-state index contributed by atoms with van der Waals surface area (Å²) in [4.78, 5) is 12.6. The Labute approximate surface area is 173 Å². The van der Waals surface area contributed by atoms with Crippen molar-refractivity contribution in [2.45, 2.75) is 25.1 Å². The van der Waals surface area contributed by atoms with Gasteiger partial charge in [0.2, 0.25) is 0 Å². The van der Waals surface area contributed by atoms with Gasteiger partial charge in [-0.3, -0.25) is 4.90 Å². The molecule has 158 valence electrons. The predicted molar refractivity (Wildman–Crippen MR) is 108 cm³/mol. The first-order chi connectivity index (χ1) is 14.5. The minimum Gasteiger partial charge on any atom is -0.381 e. The highest BCUT2D eigenvalue weighted by molar-refractivity contribution is 5.38. The molecule has 4 rings (SSSR count). The highest BCUT2D eigenvalue weighted by Gasteiger charge is 2.42. The van der Waals surface area contributed by atoms with Crippen LogP contribution >= 0.6 is 0 Å². The number of aliphatic hydroxyl groups is 1. The van der Waals surface area contributed by atoms with Crippen LogP contribution in [0.3, 0.4) is 0 Å². The van der Waals surface area contributed by atoms with Crippen LogP contribution in [0.25, 0.3) is 0 Å². The third-order valence-electron chi connectivity index (χ3n) is 5.79. The molecule has 1 aromatic carbocycles. The SMILES string of the molecule is CC(N1CCN(c2ccccn2)CC1)C(O)(Cn1cncn1)c1ccc(F)cc1F. The van der Waals surface area contributed by atoms with E-state index in [4.69, 9.17) is 0 Å². The number of pyridine rings is 1. The van der Waals surface area contributed by atoms with Crippen molar-refractivity contribution in [1.29, 1.82) is 0 Å². The molecular formula is C21H24F2N6O. The van der Waals surface area contributed by atoms with Crippen LogP contribution in [0.5, 0.6) is 0 Å². The Bertz CT molecular complexity index is 963. The van der Waals surface area contributed by atoms with Crippen LogP contribution in [0.1, 0.15) is 12.5 Å². The van der Waals surface area contributed by atoms with Crippen molar-refractivity contribution < 1.29 is 13.9 Å². The fourth-order valence-electron chi connectivity index (χ4n) is 4.03. The first kappa shape index (κ1) is 20.4. The molecule has 2 unspecified atom stereocenters. The molecule has 3 aromatic rings. The summed E-state index contributed by atoms with van der Waals surface area (Å²) in [7, 11) is 0. The normalized spacial score (nSPS) is 18.2. The van der Waals surface area contributed by atoms with Gasteiger partial charge in [-0.05, 0) is 25.1 Å². The van der Waals surface area contributed by atoms with Crippen molar-refractivity contribution >= 4 is 5.82 Å². The lowest BCUT2D eigenvalue weighted by Crippen LogP contribution is -2.57. The summed E-state index contributed by atoms with van der Waals surface area (Å²) in [6.07, 6.45) is 4.59. The minimum absolute atomic E-state index is 0.00280. The van der Waals surface area contributed by atoms with Crippen LogP contribution in [0.2, 0.25) is 0 Å². The lowest BCUT2D eigenvalue weighted by Gasteiger charge is -2.45. The van der Waals surface area contributed by atoms with Crippen LogP contribution in [0, 0.1) is 11.6 Å². The minimum atomic E-state index is -1.63. The first-order valence-corrected chi connectivity index (χ1v) is 9.88. The zero-order valence-corrected chi connectivity index (χ0v) is 16.7. The molecule has 3 heterocycles. The number of piperazine rings is 1. The van der Waals surface area contributed by atoms with Gasteiger partial charge in [-0.1, -0.05) is 12.1 Å². The van der Waals surface area contributed by atoms with E-state index >= 15 is 0 Å². The van der Waals surface area contributed by atoms with Gasteiger partial charge in [0.1, 0.15) is 35.7 Å². The van der Waals surface area contributed by atoms with Crippen molar-refractivity contribution in [1.82, 2.24) is 24.6 Å². The van der Waals surface area contributed by atoms with Gasteiger partial charge in [0.15, 0.2) is 0 Å². The molecule has 7 nitrogen and oxygen atoms in total. The summed E-state index contributed by atoms with van der Waals surface area (Å²) in [5.41, 5.74) is -1.59. The molecule has 0 aliphatic carbocycles. The van der Waals surface area contributed by atoms with Crippen molar-refractivity contribution in [3.8, 4) is 0 Å². The van der Waals surface area contributed by atoms with Crippen LogP contribution in [-0.4, -0.2) is 62.0 Å². The third kappa shape index (κ3) is 4.03. The zero-order chi connectivity index (χ0) is 21.1. The predicted octanol–water partition coefficient (Wildman–Crippen LogP) is 2.05. The maximum atomic E-state index is 14.7. The molecule has 30 heavy (non-hydrogen) atoms. The number of anilines is 1. The van der Waals surface area contributed by atoms with Crippen molar-refractivity contribution in [3.63, 3.8) is 0 Å². The Balaban J connectivity index is 1.58. The van der Waals surface area contributed by atoms with Crippen LogP contribution < -0.4 is 4.90 Å². The molecule has 1 N–H and O–H groups in total. The molecule has 0 spiro atoms. The van der Waals surface area contributed by atoms with Crippen LogP contribution in [-0.2, 0) is 12.1 Å². The van der Waals surface area contributed by atoms with E-state index in [0.717, 1.165) is 31.0 Å². The van der Waals surface area contributed by atoms with E-state index in [1.54, 1.807) is 6.20 Å². The second kappa shape index (κ2) is 8.45. The molecule has 2 atom stereocenters. The standard InChI is InChI=1S/C21H24F2N6O/c1-16(27-8-10-28(11-9-27)20-4-2-3-7-25-20)21(30,13-29-15-24-14-26-29)18-6-5-17(22)12-19(18)23/h2-7,12,14-16,30H,8-11,13H2,1H3. The van der Waals surface area contributed by atoms with E-state index in [0.29, 0.717) is 13.1 Å². The Morgan fingerprint density at radius 1 is 1.13 bits per heavy atom. The molecule has 2 aromatic heterocycles. The lowest BCUT2D eigenvalue weighted by atomic mass is 9.85. The summed E-state index contributed by atoms with van der Waals surface area (Å²) in [6, 6.07) is 8.61. The Morgan fingerprint density at radius 3 is 2.57 bits per heavy atom. The molecule has 1 fully saturated rings. The largest absolute Gasteiger partial charge is 0.381 e. The summed E-state index contributed by atoms with van der Waals surface area (Å²) in [6.45, 7) is 4.65. The van der Waals surface area contributed by atoms with E-state index in [2.05, 4.69) is 24.9 Å². The smallest absolute Gasteiger partial charge is 0.137 e. The van der Waals surface area contributed by atoms with Gasteiger partial charge in [0.05, 0.1) is 6.54 Å². The van der Waals surface area contributed by atoms with E-state index < -0.39 is 23.3 Å². The molecule has 1 aliphatic rings. The summed E-state index contributed by atoms with van der Waals surface area (Å²) >= 11 is 0. The van der Waals surface area contributed by atoms with Crippen molar-refractivity contribution in [2.75, 3.05) is 31.1 Å². The number of aromatic nitrogens is 4. The number of hydrogen-bond donors (Lipinski definition) is 1. The van der Waals surface area contributed by atoms with Gasteiger partial charge in [-0.25, -0.2) is 23.4 Å². The summed E-state index contributed by atoms with van der Waals surface area (Å²) < 4.78 is 29.7. The van der Waals surface area contributed by atoms with Crippen LogP contribution in [0.15, 0.2) is 55.2 Å².